The predicted octanol–water partition coefficient (Wildman–Crippen LogP) is 1.64. The highest BCUT2D eigenvalue weighted by molar-refractivity contribution is 5.95. The zero-order valence-electron chi connectivity index (χ0n) is 14.3. The molecule has 2 aliphatic rings. The Labute approximate surface area is 149 Å². The molecule has 0 radical (unpaired) electrons. The molecule has 4 rings (SSSR count). The number of rotatable bonds is 3. The molecule has 2 aliphatic heterocycles. The monoisotopic (exact) mass is 357 g/mol. The van der Waals surface area contributed by atoms with Crippen LogP contribution in [0, 0.1) is 6.92 Å². The first-order valence-corrected chi connectivity index (χ1v) is 8.44. The number of nitrogens with zero attached hydrogens (tertiary/aromatic N) is 3. The number of aliphatic carboxylic acids is 1. The number of hydrogen-bond donors (Lipinski definition) is 1. The molecule has 1 aromatic carbocycles. The Balaban J connectivity index is 1.52. The van der Waals surface area contributed by atoms with Gasteiger partial charge in [-0.1, -0.05) is 0 Å². The third-order valence-corrected chi connectivity index (χ3v) is 5.05. The van der Waals surface area contributed by atoms with Crippen molar-refractivity contribution in [2.24, 2.45) is 0 Å². The highest BCUT2D eigenvalue weighted by atomic mass is 16.7. The van der Waals surface area contributed by atoms with E-state index in [-0.39, 0.29) is 12.7 Å². The summed E-state index contributed by atoms with van der Waals surface area (Å²) in [5, 5.41) is 14.0. The highest BCUT2D eigenvalue weighted by Gasteiger charge is 2.45. The van der Waals surface area contributed by atoms with Crippen molar-refractivity contribution in [2.45, 2.75) is 25.3 Å². The van der Waals surface area contributed by atoms with Gasteiger partial charge < -0.3 is 19.5 Å². The van der Waals surface area contributed by atoms with Gasteiger partial charge in [0.1, 0.15) is 0 Å². The van der Waals surface area contributed by atoms with Gasteiger partial charge in [0.05, 0.1) is 6.20 Å². The average molecular weight is 357 g/mol. The van der Waals surface area contributed by atoms with Gasteiger partial charge in [0.2, 0.25) is 6.79 Å². The lowest BCUT2D eigenvalue weighted by molar-refractivity contribution is -0.150. The molecule has 1 amide bonds. The van der Waals surface area contributed by atoms with Crippen LogP contribution in [-0.2, 0) is 10.3 Å². The maximum Gasteiger partial charge on any atom is 0.331 e. The summed E-state index contributed by atoms with van der Waals surface area (Å²) in [5.41, 5.74) is 0.302. The SMILES string of the molecule is Cc1cnn(C2(C(=O)O)CCN(C(=O)c3ccc4c(c3)OCO4)CC2)c1. The third-order valence-electron chi connectivity index (χ3n) is 5.05. The number of piperidine rings is 1. The first-order chi connectivity index (χ1) is 12.5. The molecule has 1 fully saturated rings. The van der Waals surface area contributed by atoms with Crippen LogP contribution in [0.15, 0.2) is 30.6 Å². The second kappa shape index (κ2) is 6.05. The molecule has 8 nitrogen and oxygen atoms in total. The summed E-state index contributed by atoms with van der Waals surface area (Å²) in [6.07, 6.45) is 4.00. The average Bonchev–Trinajstić information content (AvgIpc) is 3.29. The lowest BCUT2D eigenvalue weighted by Crippen LogP contribution is -2.52. The van der Waals surface area contributed by atoms with E-state index >= 15 is 0 Å². The number of hydrogen-bond acceptors (Lipinski definition) is 5. The van der Waals surface area contributed by atoms with E-state index in [1.165, 1.54) is 4.68 Å². The van der Waals surface area contributed by atoms with E-state index in [0.29, 0.717) is 43.0 Å². The van der Waals surface area contributed by atoms with Crippen molar-refractivity contribution in [3.8, 4) is 11.5 Å². The van der Waals surface area contributed by atoms with E-state index in [9.17, 15) is 14.7 Å². The van der Waals surface area contributed by atoms with Gasteiger partial charge >= 0.3 is 5.97 Å². The Hall–Kier alpha value is -3.03. The van der Waals surface area contributed by atoms with Crippen molar-refractivity contribution in [1.29, 1.82) is 0 Å². The van der Waals surface area contributed by atoms with Crippen LogP contribution in [0.2, 0.25) is 0 Å². The molecule has 136 valence electrons. The summed E-state index contributed by atoms with van der Waals surface area (Å²) >= 11 is 0. The summed E-state index contributed by atoms with van der Waals surface area (Å²) < 4.78 is 12.1. The molecular formula is C18H19N3O5. The summed E-state index contributed by atoms with van der Waals surface area (Å²) in [5.74, 6) is 0.119. The number of likely N-dealkylation sites (tertiary alicyclic amines) is 1. The molecule has 26 heavy (non-hydrogen) atoms. The molecule has 0 saturated carbocycles. The Morgan fingerprint density at radius 1 is 1.19 bits per heavy atom. The standard InChI is InChI=1S/C18H19N3O5/c1-12-9-19-21(10-12)18(17(23)24)4-6-20(7-5-18)16(22)13-2-3-14-15(8-13)26-11-25-14/h2-3,8-10H,4-7,11H2,1H3,(H,23,24). The fraction of sp³-hybridized carbons (Fsp3) is 0.389. The van der Waals surface area contributed by atoms with Crippen molar-refractivity contribution in [2.75, 3.05) is 19.9 Å². The number of benzene rings is 1. The van der Waals surface area contributed by atoms with Crippen molar-refractivity contribution in [1.82, 2.24) is 14.7 Å². The van der Waals surface area contributed by atoms with Gasteiger partial charge in [-0.25, -0.2) is 4.79 Å². The quantitative estimate of drug-likeness (QED) is 0.897. The van der Waals surface area contributed by atoms with Crippen LogP contribution >= 0.6 is 0 Å². The first kappa shape index (κ1) is 16.4. The van der Waals surface area contributed by atoms with E-state index < -0.39 is 11.5 Å². The minimum Gasteiger partial charge on any atom is -0.479 e. The van der Waals surface area contributed by atoms with Crippen molar-refractivity contribution < 1.29 is 24.2 Å². The number of carboxylic acid groups (broad SMARTS) is 1. The van der Waals surface area contributed by atoms with Crippen LogP contribution < -0.4 is 9.47 Å². The van der Waals surface area contributed by atoms with Gasteiger partial charge in [0.25, 0.3) is 5.91 Å². The van der Waals surface area contributed by atoms with E-state index in [1.807, 2.05) is 6.92 Å². The van der Waals surface area contributed by atoms with E-state index in [2.05, 4.69) is 5.10 Å². The van der Waals surface area contributed by atoms with Crippen LogP contribution in [0.1, 0.15) is 28.8 Å². The van der Waals surface area contributed by atoms with Crippen LogP contribution in [-0.4, -0.2) is 51.5 Å². The van der Waals surface area contributed by atoms with Crippen LogP contribution in [0.3, 0.4) is 0 Å². The Kier molecular flexibility index (Phi) is 3.82. The lowest BCUT2D eigenvalue weighted by Gasteiger charge is -2.39. The van der Waals surface area contributed by atoms with E-state index in [4.69, 9.17) is 9.47 Å². The summed E-state index contributed by atoms with van der Waals surface area (Å²) in [7, 11) is 0. The fourth-order valence-corrected chi connectivity index (χ4v) is 3.48. The Bertz CT molecular complexity index is 867. The van der Waals surface area contributed by atoms with Crippen molar-refractivity contribution >= 4 is 11.9 Å². The molecule has 0 aliphatic carbocycles. The second-order valence-corrected chi connectivity index (χ2v) is 6.66. The van der Waals surface area contributed by atoms with Gasteiger partial charge in [0.15, 0.2) is 17.0 Å². The second-order valence-electron chi connectivity index (χ2n) is 6.66. The number of amides is 1. The summed E-state index contributed by atoms with van der Waals surface area (Å²) in [6, 6.07) is 5.08. The van der Waals surface area contributed by atoms with Crippen LogP contribution in [0.5, 0.6) is 11.5 Å². The molecule has 0 atom stereocenters. The number of fused-ring (bicyclic) bond motifs is 1. The molecule has 0 spiro atoms. The smallest absolute Gasteiger partial charge is 0.331 e. The first-order valence-electron chi connectivity index (χ1n) is 8.44. The maximum atomic E-state index is 12.8. The zero-order valence-corrected chi connectivity index (χ0v) is 14.3. The van der Waals surface area contributed by atoms with Gasteiger partial charge in [-0.05, 0) is 30.7 Å². The topological polar surface area (TPSA) is 93.9 Å². The van der Waals surface area contributed by atoms with Crippen LogP contribution in [0.4, 0.5) is 0 Å². The molecule has 0 unspecified atom stereocenters. The third kappa shape index (κ3) is 2.58. The molecule has 3 heterocycles. The molecule has 1 aromatic heterocycles. The number of aromatic nitrogens is 2. The molecule has 8 heteroatoms. The number of carboxylic acids is 1. The molecule has 1 saturated heterocycles. The van der Waals surface area contributed by atoms with Gasteiger partial charge in [-0.3, -0.25) is 9.48 Å². The summed E-state index contributed by atoms with van der Waals surface area (Å²) in [6.45, 7) is 2.72. The maximum absolute atomic E-state index is 12.8. The number of ether oxygens (including phenoxy) is 2. The van der Waals surface area contributed by atoms with E-state index in [1.54, 1.807) is 35.5 Å². The minimum atomic E-state index is -1.11. The number of aryl methyl sites for hydroxylation is 1. The minimum absolute atomic E-state index is 0.140. The van der Waals surface area contributed by atoms with Gasteiger partial charge in [-0.15, -0.1) is 0 Å². The van der Waals surface area contributed by atoms with Crippen molar-refractivity contribution in [3.63, 3.8) is 0 Å². The molecule has 0 bridgehead atoms. The summed E-state index contributed by atoms with van der Waals surface area (Å²) in [4.78, 5) is 26.4. The molecular weight excluding hydrogens is 338 g/mol. The molecule has 1 N–H and O–H groups in total. The van der Waals surface area contributed by atoms with E-state index in [0.717, 1.165) is 5.56 Å². The number of carbonyl (C=O) groups excluding carboxylic acids is 1. The largest absolute Gasteiger partial charge is 0.479 e. The number of carbonyl (C=O) groups is 2. The van der Waals surface area contributed by atoms with Gasteiger partial charge in [0, 0.05) is 37.7 Å². The normalized spacial score (nSPS) is 18.0. The zero-order chi connectivity index (χ0) is 18.3. The highest BCUT2D eigenvalue weighted by Crippen LogP contribution is 2.34. The Morgan fingerprint density at radius 2 is 1.92 bits per heavy atom. The predicted molar refractivity (Wildman–Crippen MR) is 90.3 cm³/mol. The Morgan fingerprint density at radius 3 is 2.58 bits per heavy atom. The molecule has 2 aromatic rings. The fourth-order valence-electron chi connectivity index (χ4n) is 3.48. The van der Waals surface area contributed by atoms with Crippen LogP contribution in [0.25, 0.3) is 0 Å². The van der Waals surface area contributed by atoms with Gasteiger partial charge in [-0.2, -0.15) is 5.10 Å². The van der Waals surface area contributed by atoms with Crippen molar-refractivity contribution in [3.05, 3.63) is 41.7 Å². The lowest BCUT2D eigenvalue weighted by atomic mass is 9.87.